The van der Waals surface area contributed by atoms with Gasteiger partial charge in [-0.05, 0) is 31.1 Å². The highest BCUT2D eigenvalue weighted by Gasteiger charge is 2.42. The zero-order valence-electron chi connectivity index (χ0n) is 9.37. The van der Waals surface area contributed by atoms with Crippen molar-refractivity contribution in [2.45, 2.75) is 31.6 Å². The van der Waals surface area contributed by atoms with Crippen LogP contribution in [-0.4, -0.2) is 21.3 Å². The van der Waals surface area contributed by atoms with Crippen molar-refractivity contribution in [2.24, 2.45) is 11.8 Å². The Balaban J connectivity index is 1.74. The molecule has 2 fully saturated rings. The molecule has 5 heteroatoms. The quantitative estimate of drug-likeness (QED) is 0.810. The monoisotopic (exact) mass is 234 g/mol. The summed E-state index contributed by atoms with van der Waals surface area (Å²) < 4.78 is 5.50. The van der Waals surface area contributed by atoms with Crippen LogP contribution in [-0.2, 0) is 4.79 Å². The van der Waals surface area contributed by atoms with Crippen LogP contribution >= 0.6 is 0 Å². The highest BCUT2D eigenvalue weighted by molar-refractivity contribution is 5.84. The first-order chi connectivity index (χ1) is 8.22. The van der Waals surface area contributed by atoms with Gasteiger partial charge in [-0.1, -0.05) is 6.42 Å². The van der Waals surface area contributed by atoms with Crippen molar-refractivity contribution in [1.29, 1.82) is 0 Å². The van der Waals surface area contributed by atoms with Gasteiger partial charge in [0.05, 0.1) is 0 Å². The molecule has 2 saturated carbocycles. The lowest BCUT2D eigenvalue weighted by atomic mass is 9.89. The van der Waals surface area contributed by atoms with E-state index in [9.17, 15) is 4.79 Å². The summed E-state index contributed by atoms with van der Waals surface area (Å²) in [6.45, 7) is 0. The largest absolute Gasteiger partial charge is 0.478 e. The minimum Gasteiger partial charge on any atom is -0.478 e. The molecule has 3 atom stereocenters. The molecule has 0 radical (unpaired) electrons. The second-order valence-electron chi connectivity index (χ2n) is 4.93. The van der Waals surface area contributed by atoms with E-state index in [1.807, 2.05) is 0 Å². The van der Waals surface area contributed by atoms with Gasteiger partial charge in [0, 0.05) is 18.1 Å². The first-order valence-electron chi connectivity index (χ1n) is 5.97. The second-order valence-corrected chi connectivity index (χ2v) is 4.93. The third kappa shape index (κ3) is 1.97. The fourth-order valence-corrected chi connectivity index (χ4v) is 3.15. The van der Waals surface area contributed by atoms with Gasteiger partial charge in [0.25, 0.3) is 0 Å². The minimum atomic E-state index is -1.01. The molecule has 1 aromatic heterocycles. The topological polar surface area (TPSA) is 76.2 Å². The second kappa shape index (κ2) is 3.98. The molecule has 1 aromatic rings. The van der Waals surface area contributed by atoms with E-state index in [0.717, 1.165) is 18.4 Å². The van der Waals surface area contributed by atoms with Crippen molar-refractivity contribution >= 4 is 12.0 Å². The molecule has 0 saturated heterocycles. The smallest absolute Gasteiger partial charge is 0.328 e. The maximum Gasteiger partial charge on any atom is 0.328 e. The Kier molecular flexibility index (Phi) is 2.46. The van der Waals surface area contributed by atoms with Crippen LogP contribution in [0.25, 0.3) is 6.08 Å². The van der Waals surface area contributed by atoms with Gasteiger partial charge in [0.1, 0.15) is 0 Å². The number of carboxylic acids is 1. The summed E-state index contributed by atoms with van der Waals surface area (Å²) in [5.74, 6) is 1.87. The van der Waals surface area contributed by atoms with Gasteiger partial charge in [-0.15, -0.1) is 10.2 Å². The summed E-state index contributed by atoms with van der Waals surface area (Å²) in [7, 11) is 0. The molecule has 5 nitrogen and oxygen atoms in total. The van der Waals surface area contributed by atoms with Crippen LogP contribution in [0, 0.1) is 11.8 Å². The zero-order valence-corrected chi connectivity index (χ0v) is 9.37. The van der Waals surface area contributed by atoms with Crippen molar-refractivity contribution in [3.63, 3.8) is 0 Å². The summed E-state index contributed by atoms with van der Waals surface area (Å²) in [4.78, 5) is 10.4. The molecule has 0 spiro atoms. The van der Waals surface area contributed by atoms with Gasteiger partial charge < -0.3 is 9.52 Å². The number of rotatable bonds is 3. The molecule has 17 heavy (non-hydrogen) atoms. The van der Waals surface area contributed by atoms with Crippen molar-refractivity contribution in [2.75, 3.05) is 0 Å². The third-order valence-corrected chi connectivity index (χ3v) is 3.88. The Morgan fingerprint density at radius 2 is 2.24 bits per heavy atom. The molecule has 1 heterocycles. The van der Waals surface area contributed by atoms with Gasteiger partial charge >= 0.3 is 5.97 Å². The van der Waals surface area contributed by atoms with Crippen LogP contribution in [0.2, 0.25) is 0 Å². The lowest BCUT2D eigenvalue weighted by molar-refractivity contribution is -0.131. The van der Waals surface area contributed by atoms with Crippen molar-refractivity contribution in [1.82, 2.24) is 10.2 Å². The van der Waals surface area contributed by atoms with Crippen LogP contribution in [0.4, 0.5) is 0 Å². The predicted octanol–water partition coefficient (Wildman–Crippen LogP) is 2.07. The molecule has 2 bridgehead atoms. The molecule has 2 aliphatic rings. The molecule has 3 rings (SSSR count). The summed E-state index contributed by atoms with van der Waals surface area (Å²) >= 11 is 0. The lowest BCUT2D eigenvalue weighted by Crippen LogP contribution is -2.08. The fourth-order valence-electron chi connectivity index (χ4n) is 3.15. The number of aliphatic carboxylic acids is 1. The molecular formula is C12H14N2O3. The van der Waals surface area contributed by atoms with Gasteiger partial charge in [-0.2, -0.15) is 0 Å². The van der Waals surface area contributed by atoms with Crippen LogP contribution in [0.15, 0.2) is 10.5 Å². The van der Waals surface area contributed by atoms with E-state index in [-0.39, 0.29) is 5.89 Å². The van der Waals surface area contributed by atoms with Crippen LogP contribution in [0.5, 0.6) is 0 Å². The summed E-state index contributed by atoms with van der Waals surface area (Å²) in [5.41, 5.74) is 0. The van der Waals surface area contributed by atoms with E-state index < -0.39 is 5.97 Å². The van der Waals surface area contributed by atoms with Crippen molar-refractivity contribution < 1.29 is 14.3 Å². The Hall–Kier alpha value is -1.65. The molecule has 2 aliphatic carbocycles. The highest BCUT2D eigenvalue weighted by Crippen LogP contribution is 2.52. The van der Waals surface area contributed by atoms with E-state index in [1.54, 1.807) is 0 Å². The van der Waals surface area contributed by atoms with Gasteiger partial charge in [0.15, 0.2) is 0 Å². The van der Waals surface area contributed by atoms with E-state index in [4.69, 9.17) is 9.52 Å². The molecule has 0 amide bonds. The highest BCUT2D eigenvalue weighted by atomic mass is 16.4. The predicted molar refractivity (Wildman–Crippen MR) is 59.2 cm³/mol. The van der Waals surface area contributed by atoms with E-state index in [0.29, 0.717) is 17.7 Å². The molecule has 1 N–H and O–H groups in total. The summed E-state index contributed by atoms with van der Waals surface area (Å²) in [6, 6.07) is 0. The maximum atomic E-state index is 10.4. The average molecular weight is 234 g/mol. The number of fused-ring (bicyclic) bond motifs is 2. The normalized spacial score (nSPS) is 31.4. The Labute approximate surface area is 98.5 Å². The molecule has 90 valence electrons. The number of carboxylic acid groups (broad SMARTS) is 1. The third-order valence-electron chi connectivity index (χ3n) is 3.88. The Morgan fingerprint density at radius 1 is 1.35 bits per heavy atom. The van der Waals surface area contributed by atoms with E-state index in [1.165, 1.54) is 25.3 Å². The zero-order chi connectivity index (χ0) is 11.8. The molecule has 0 aliphatic heterocycles. The van der Waals surface area contributed by atoms with Crippen LogP contribution < -0.4 is 0 Å². The number of hydrogen-bond donors (Lipinski definition) is 1. The Bertz CT molecular complexity index is 466. The van der Waals surface area contributed by atoms with Crippen LogP contribution in [0.1, 0.15) is 43.4 Å². The standard InChI is InChI=1S/C12H14N2O3/c15-11(16)4-3-10-13-14-12(17-10)9-6-7-1-2-8(9)5-7/h3-4,7-9H,1-2,5-6H2,(H,15,16)/b4-3+. The first kappa shape index (κ1) is 10.5. The lowest BCUT2D eigenvalue weighted by Gasteiger charge is -2.17. The first-order valence-corrected chi connectivity index (χ1v) is 5.97. The maximum absolute atomic E-state index is 10.4. The van der Waals surface area contributed by atoms with Gasteiger partial charge in [0.2, 0.25) is 11.8 Å². The van der Waals surface area contributed by atoms with Crippen molar-refractivity contribution in [3.8, 4) is 0 Å². The molecule has 3 unspecified atom stereocenters. The fraction of sp³-hybridized carbons (Fsp3) is 0.583. The molecule has 0 aromatic carbocycles. The Morgan fingerprint density at radius 3 is 2.88 bits per heavy atom. The minimum absolute atomic E-state index is 0.283. The summed E-state index contributed by atoms with van der Waals surface area (Å²) in [6.07, 6.45) is 7.38. The average Bonchev–Trinajstić information content (AvgIpc) is 3.01. The van der Waals surface area contributed by atoms with Gasteiger partial charge in [-0.25, -0.2) is 4.79 Å². The number of hydrogen-bond acceptors (Lipinski definition) is 4. The van der Waals surface area contributed by atoms with Gasteiger partial charge in [-0.3, -0.25) is 0 Å². The van der Waals surface area contributed by atoms with E-state index >= 15 is 0 Å². The number of nitrogens with zero attached hydrogens (tertiary/aromatic N) is 2. The number of carbonyl (C=O) groups is 1. The van der Waals surface area contributed by atoms with Crippen molar-refractivity contribution in [3.05, 3.63) is 17.9 Å². The number of aromatic nitrogens is 2. The summed E-state index contributed by atoms with van der Waals surface area (Å²) in [5, 5.41) is 16.4. The molecular weight excluding hydrogens is 220 g/mol. The van der Waals surface area contributed by atoms with Crippen LogP contribution in [0.3, 0.4) is 0 Å². The van der Waals surface area contributed by atoms with E-state index in [2.05, 4.69) is 10.2 Å². The SMILES string of the molecule is O=C(O)/C=C/c1nnc(C2CC3CCC2C3)o1.